The summed E-state index contributed by atoms with van der Waals surface area (Å²) in [6.07, 6.45) is 8.81. The third-order valence-electron chi connectivity index (χ3n) is 2.88. The zero-order valence-electron chi connectivity index (χ0n) is 8.88. The number of allylic oxidation sites excluding steroid dienone is 4. The van der Waals surface area contributed by atoms with Crippen LogP contribution in [0.2, 0.25) is 0 Å². The molecule has 0 saturated heterocycles. The van der Waals surface area contributed by atoms with Gasteiger partial charge in [-0.1, -0.05) is 43.4 Å². The molecule has 0 N–H and O–H groups in total. The molecule has 0 fully saturated rings. The second-order valence-corrected chi connectivity index (χ2v) is 3.78. The summed E-state index contributed by atoms with van der Waals surface area (Å²) in [7, 11) is 0. The summed E-state index contributed by atoms with van der Waals surface area (Å²) in [4.78, 5) is 0. The molecular formula is C14H16. The van der Waals surface area contributed by atoms with Gasteiger partial charge in [-0.15, -0.1) is 0 Å². The molecule has 1 aromatic carbocycles. The Balaban J connectivity index is 2.60. The van der Waals surface area contributed by atoms with E-state index in [0.29, 0.717) is 0 Å². The van der Waals surface area contributed by atoms with Gasteiger partial charge in [0.15, 0.2) is 0 Å². The van der Waals surface area contributed by atoms with Gasteiger partial charge in [0.25, 0.3) is 0 Å². The highest BCUT2D eigenvalue weighted by molar-refractivity contribution is 5.70. The topological polar surface area (TPSA) is 0 Å². The fourth-order valence-electron chi connectivity index (χ4n) is 2.06. The summed E-state index contributed by atoms with van der Waals surface area (Å²) in [5.74, 6) is 0. The van der Waals surface area contributed by atoms with Crippen LogP contribution >= 0.6 is 0 Å². The molecule has 1 aliphatic carbocycles. The summed E-state index contributed by atoms with van der Waals surface area (Å²) in [6, 6.07) is 6.64. The fourth-order valence-corrected chi connectivity index (χ4v) is 2.06. The summed E-state index contributed by atoms with van der Waals surface area (Å²) in [6.45, 7) is 4.41. The third kappa shape index (κ3) is 1.52. The molecule has 1 aromatic rings. The lowest BCUT2D eigenvalue weighted by Crippen LogP contribution is -1.95. The molecular weight excluding hydrogens is 168 g/mol. The van der Waals surface area contributed by atoms with Gasteiger partial charge in [-0.2, -0.15) is 0 Å². The van der Waals surface area contributed by atoms with Crippen LogP contribution in [-0.2, 0) is 12.8 Å². The van der Waals surface area contributed by atoms with Crippen LogP contribution in [0.1, 0.15) is 30.5 Å². The van der Waals surface area contributed by atoms with E-state index >= 15 is 0 Å². The van der Waals surface area contributed by atoms with Gasteiger partial charge in [-0.05, 0) is 42.0 Å². The van der Waals surface area contributed by atoms with Gasteiger partial charge in [-0.3, -0.25) is 0 Å². The normalized spacial score (nSPS) is 14.6. The Bertz CT molecular complexity index is 394. The second kappa shape index (κ2) is 3.83. The van der Waals surface area contributed by atoms with Crippen molar-refractivity contribution in [2.45, 2.75) is 26.7 Å². The van der Waals surface area contributed by atoms with E-state index in [0.717, 1.165) is 12.8 Å². The lowest BCUT2D eigenvalue weighted by molar-refractivity contribution is 1.07. The molecule has 2 rings (SSSR count). The van der Waals surface area contributed by atoms with Crippen LogP contribution in [0.3, 0.4) is 0 Å². The first-order chi connectivity index (χ1) is 6.83. The van der Waals surface area contributed by atoms with Gasteiger partial charge in [0.1, 0.15) is 0 Å². The van der Waals surface area contributed by atoms with Gasteiger partial charge < -0.3 is 0 Å². The van der Waals surface area contributed by atoms with E-state index in [9.17, 15) is 0 Å². The Morgan fingerprint density at radius 2 is 2.14 bits per heavy atom. The van der Waals surface area contributed by atoms with E-state index in [2.05, 4.69) is 50.3 Å². The molecule has 0 spiro atoms. The molecule has 14 heavy (non-hydrogen) atoms. The van der Waals surface area contributed by atoms with Crippen LogP contribution in [0.25, 0.3) is 5.57 Å². The van der Waals surface area contributed by atoms with Crippen molar-refractivity contribution in [1.82, 2.24) is 0 Å². The van der Waals surface area contributed by atoms with Gasteiger partial charge in [0.2, 0.25) is 0 Å². The van der Waals surface area contributed by atoms with Crippen molar-refractivity contribution in [3.05, 3.63) is 53.1 Å². The van der Waals surface area contributed by atoms with Crippen molar-refractivity contribution in [1.29, 1.82) is 0 Å². The van der Waals surface area contributed by atoms with Gasteiger partial charge in [-0.25, -0.2) is 0 Å². The van der Waals surface area contributed by atoms with Crippen molar-refractivity contribution < 1.29 is 0 Å². The largest absolute Gasteiger partial charge is 0.0801 e. The monoisotopic (exact) mass is 184 g/mol. The zero-order chi connectivity index (χ0) is 9.97. The van der Waals surface area contributed by atoms with Crippen LogP contribution in [-0.4, -0.2) is 0 Å². The fraction of sp³-hybridized carbons (Fsp3) is 0.286. The van der Waals surface area contributed by atoms with Crippen LogP contribution in [0, 0.1) is 0 Å². The standard InChI is InChI=1S/C14H16/c1-3-12-8-6-10-13-11(2)7-4-5-9-14(12)13/h4-8,10H,3,9H2,1-2H3. The first kappa shape index (κ1) is 9.26. The zero-order valence-corrected chi connectivity index (χ0v) is 8.88. The van der Waals surface area contributed by atoms with Crippen molar-refractivity contribution in [3.8, 4) is 0 Å². The highest BCUT2D eigenvalue weighted by Gasteiger charge is 2.08. The number of benzene rings is 1. The number of hydrogen-bond donors (Lipinski definition) is 0. The number of hydrogen-bond acceptors (Lipinski definition) is 0. The quantitative estimate of drug-likeness (QED) is 0.623. The molecule has 0 atom stereocenters. The van der Waals surface area contributed by atoms with Gasteiger partial charge in [0, 0.05) is 0 Å². The molecule has 0 unspecified atom stereocenters. The van der Waals surface area contributed by atoms with Crippen LogP contribution < -0.4 is 0 Å². The van der Waals surface area contributed by atoms with E-state index in [1.165, 1.54) is 22.3 Å². The molecule has 0 heterocycles. The molecule has 0 saturated carbocycles. The number of aryl methyl sites for hydroxylation is 1. The smallest absolute Gasteiger partial charge is 0.00856 e. The maximum absolute atomic E-state index is 2.24. The highest BCUT2D eigenvalue weighted by atomic mass is 14.1. The Morgan fingerprint density at radius 3 is 2.93 bits per heavy atom. The van der Waals surface area contributed by atoms with E-state index < -0.39 is 0 Å². The van der Waals surface area contributed by atoms with Crippen LogP contribution in [0.15, 0.2) is 36.4 Å². The van der Waals surface area contributed by atoms with Crippen LogP contribution in [0.4, 0.5) is 0 Å². The Kier molecular flexibility index (Phi) is 2.53. The van der Waals surface area contributed by atoms with Crippen LogP contribution in [0.5, 0.6) is 0 Å². The van der Waals surface area contributed by atoms with Crippen molar-refractivity contribution in [2.24, 2.45) is 0 Å². The maximum atomic E-state index is 2.24. The first-order valence-electron chi connectivity index (χ1n) is 5.27. The SMILES string of the molecule is CCc1cccc2c1CC=CC=C2C. The summed E-state index contributed by atoms with van der Waals surface area (Å²) in [5.41, 5.74) is 5.80. The van der Waals surface area contributed by atoms with Crippen molar-refractivity contribution in [3.63, 3.8) is 0 Å². The molecule has 0 radical (unpaired) electrons. The Hall–Kier alpha value is -1.30. The molecule has 0 bridgehead atoms. The maximum Gasteiger partial charge on any atom is -0.00856 e. The van der Waals surface area contributed by atoms with Gasteiger partial charge in [0.05, 0.1) is 0 Å². The minimum atomic E-state index is 1.08. The number of rotatable bonds is 1. The summed E-state index contributed by atoms with van der Waals surface area (Å²) >= 11 is 0. The highest BCUT2D eigenvalue weighted by Crippen LogP contribution is 2.25. The predicted molar refractivity (Wildman–Crippen MR) is 62.3 cm³/mol. The van der Waals surface area contributed by atoms with E-state index in [4.69, 9.17) is 0 Å². The average Bonchev–Trinajstić information content (AvgIpc) is 2.41. The molecule has 1 aliphatic rings. The predicted octanol–water partition coefficient (Wildman–Crippen LogP) is 3.76. The number of fused-ring (bicyclic) bond motifs is 1. The summed E-state index contributed by atoms with van der Waals surface area (Å²) < 4.78 is 0. The van der Waals surface area contributed by atoms with E-state index in [-0.39, 0.29) is 0 Å². The first-order valence-corrected chi connectivity index (χ1v) is 5.27. The van der Waals surface area contributed by atoms with E-state index in [1.54, 1.807) is 0 Å². The Morgan fingerprint density at radius 1 is 1.29 bits per heavy atom. The molecule has 0 nitrogen and oxygen atoms in total. The third-order valence-corrected chi connectivity index (χ3v) is 2.88. The second-order valence-electron chi connectivity index (χ2n) is 3.78. The molecule has 0 aliphatic heterocycles. The van der Waals surface area contributed by atoms with E-state index in [1.807, 2.05) is 0 Å². The minimum Gasteiger partial charge on any atom is -0.0801 e. The van der Waals surface area contributed by atoms with Gasteiger partial charge >= 0.3 is 0 Å². The van der Waals surface area contributed by atoms with Crippen molar-refractivity contribution in [2.75, 3.05) is 0 Å². The lowest BCUT2D eigenvalue weighted by atomic mass is 9.94. The lowest BCUT2D eigenvalue weighted by Gasteiger charge is -2.11. The summed E-state index contributed by atoms with van der Waals surface area (Å²) in [5, 5.41) is 0. The molecule has 0 amide bonds. The minimum absolute atomic E-state index is 1.08. The Labute approximate surface area is 86.0 Å². The average molecular weight is 184 g/mol. The van der Waals surface area contributed by atoms with Crippen molar-refractivity contribution >= 4 is 5.57 Å². The molecule has 0 aromatic heterocycles. The molecule has 0 heteroatoms. The molecule has 72 valence electrons.